The average molecular weight is 739 g/mol. The van der Waals surface area contributed by atoms with E-state index >= 15 is 0 Å². The minimum atomic E-state index is -3.05. The Labute approximate surface area is 335 Å². The summed E-state index contributed by atoms with van der Waals surface area (Å²) < 4.78 is 0. The van der Waals surface area contributed by atoms with Crippen molar-refractivity contribution >= 4 is 28.8 Å². The van der Waals surface area contributed by atoms with Crippen LogP contribution in [0.3, 0.4) is 0 Å². The van der Waals surface area contributed by atoms with Gasteiger partial charge in [-0.1, -0.05) is 231 Å². The van der Waals surface area contributed by atoms with Crippen LogP contribution >= 0.6 is 0 Å². The van der Waals surface area contributed by atoms with Gasteiger partial charge in [0.2, 0.25) is 0 Å². The van der Waals surface area contributed by atoms with E-state index in [0.29, 0.717) is 0 Å². The van der Waals surface area contributed by atoms with Crippen LogP contribution in [0.25, 0.3) is 22.3 Å². The fourth-order valence-electron chi connectivity index (χ4n) is 11.6. The molecule has 0 amide bonds. The molecule has 1 heteroatoms. The van der Waals surface area contributed by atoms with Gasteiger partial charge in [0.05, 0.1) is 10.8 Å². The van der Waals surface area contributed by atoms with E-state index in [0.717, 1.165) is 0 Å². The highest BCUT2D eigenvalue weighted by Gasteiger charge is 2.58. The van der Waals surface area contributed by atoms with E-state index in [1.54, 1.807) is 0 Å². The van der Waals surface area contributed by atoms with Gasteiger partial charge < -0.3 is 0 Å². The molecule has 0 aromatic heterocycles. The summed E-state index contributed by atoms with van der Waals surface area (Å²) in [5, 5.41) is 5.74. The van der Waals surface area contributed by atoms with Gasteiger partial charge in [-0.2, -0.15) is 0 Å². The van der Waals surface area contributed by atoms with Crippen LogP contribution in [-0.2, 0) is 10.8 Å². The van der Waals surface area contributed by atoms with Crippen molar-refractivity contribution in [2.45, 2.75) is 10.8 Å². The second-order valence-corrected chi connectivity index (χ2v) is 19.5. The fraction of sp³-hybridized carbons (Fsp3) is 0.0357. The molecule has 9 aromatic carbocycles. The molecule has 0 atom stereocenters. The summed E-state index contributed by atoms with van der Waals surface area (Å²) in [5.41, 5.74) is 15.2. The van der Waals surface area contributed by atoms with E-state index < -0.39 is 18.9 Å². The second kappa shape index (κ2) is 12.1. The van der Waals surface area contributed by atoms with Gasteiger partial charge >= 0.3 is 0 Å². The SMILES string of the molecule is c1ccc(C2(c3ccccc3)c3cccc4c3-c3c2ccc2c3-c3c(cccc3[Si]4(c3ccccc3)c3ccccc3)C2(c2ccccc2)c2ccccc2)cc1. The summed E-state index contributed by atoms with van der Waals surface area (Å²) in [6.45, 7) is 0. The number of benzene rings is 9. The van der Waals surface area contributed by atoms with E-state index in [4.69, 9.17) is 0 Å². The van der Waals surface area contributed by atoms with Gasteiger partial charge in [-0.15, -0.1) is 0 Å². The fourth-order valence-corrected chi connectivity index (χ4v) is 16.8. The van der Waals surface area contributed by atoms with Crippen molar-refractivity contribution in [2.75, 3.05) is 0 Å². The molecule has 12 rings (SSSR count). The first kappa shape index (κ1) is 32.4. The number of hydrogen-bond acceptors (Lipinski definition) is 0. The quantitative estimate of drug-likeness (QED) is 0.149. The Morgan fingerprint density at radius 3 is 0.825 bits per heavy atom. The summed E-state index contributed by atoms with van der Waals surface area (Å²) in [7, 11) is -3.05. The first-order valence-electron chi connectivity index (χ1n) is 20.1. The Bertz CT molecular complexity index is 2690. The van der Waals surface area contributed by atoms with Crippen LogP contribution in [0.5, 0.6) is 0 Å². The molecule has 0 spiro atoms. The third-order valence-corrected chi connectivity index (χ3v) is 18.3. The van der Waals surface area contributed by atoms with E-state index in [9.17, 15) is 0 Å². The molecule has 2 aliphatic carbocycles. The lowest BCUT2D eigenvalue weighted by Gasteiger charge is -2.38. The van der Waals surface area contributed by atoms with Gasteiger partial charge in [0.1, 0.15) is 0 Å². The van der Waals surface area contributed by atoms with Crippen molar-refractivity contribution in [1.82, 2.24) is 0 Å². The molecular formula is C56H38Si. The summed E-state index contributed by atoms with van der Waals surface area (Å²) in [4.78, 5) is 0. The Morgan fingerprint density at radius 2 is 0.509 bits per heavy atom. The maximum atomic E-state index is 2.52. The minimum absolute atomic E-state index is 0.525. The summed E-state index contributed by atoms with van der Waals surface area (Å²) in [5.74, 6) is 0. The van der Waals surface area contributed by atoms with Crippen molar-refractivity contribution in [3.05, 3.63) is 275 Å². The van der Waals surface area contributed by atoms with Gasteiger partial charge in [0.25, 0.3) is 0 Å². The number of rotatable bonds is 6. The molecule has 0 unspecified atom stereocenters. The molecule has 1 heterocycles. The molecule has 1 aliphatic heterocycles. The maximum Gasteiger partial charge on any atom is 0.180 e. The van der Waals surface area contributed by atoms with Crippen LogP contribution in [0.1, 0.15) is 44.5 Å². The molecule has 0 saturated carbocycles. The van der Waals surface area contributed by atoms with E-state index in [1.165, 1.54) is 87.5 Å². The van der Waals surface area contributed by atoms with Gasteiger partial charge in [0, 0.05) is 0 Å². The lowest BCUT2D eigenvalue weighted by atomic mass is 9.66. The van der Waals surface area contributed by atoms with Crippen LogP contribution in [0.15, 0.2) is 231 Å². The molecule has 57 heavy (non-hydrogen) atoms. The molecule has 3 aliphatic rings. The smallest absolute Gasteiger partial charge is 0.0623 e. The molecule has 0 fully saturated rings. The zero-order valence-corrected chi connectivity index (χ0v) is 32.4. The van der Waals surface area contributed by atoms with Crippen molar-refractivity contribution in [2.24, 2.45) is 0 Å². The largest absolute Gasteiger partial charge is 0.180 e. The number of hydrogen-bond donors (Lipinski definition) is 0. The highest BCUT2D eigenvalue weighted by atomic mass is 28.3. The van der Waals surface area contributed by atoms with Crippen LogP contribution < -0.4 is 20.7 Å². The lowest BCUT2D eigenvalue weighted by molar-refractivity contribution is 0.757. The summed E-state index contributed by atoms with van der Waals surface area (Å²) in [6.07, 6.45) is 0. The highest BCUT2D eigenvalue weighted by Crippen LogP contribution is 2.65. The van der Waals surface area contributed by atoms with Gasteiger partial charge in [-0.25, -0.2) is 0 Å². The second-order valence-electron chi connectivity index (χ2n) is 15.8. The van der Waals surface area contributed by atoms with Crippen LogP contribution in [-0.4, -0.2) is 8.07 Å². The normalized spacial score (nSPS) is 15.4. The molecule has 0 bridgehead atoms. The third kappa shape index (κ3) is 3.97. The Hall–Kier alpha value is -6.80. The van der Waals surface area contributed by atoms with E-state index in [1.807, 2.05) is 0 Å². The molecule has 0 radical (unpaired) electrons. The molecule has 0 N–H and O–H groups in total. The third-order valence-electron chi connectivity index (χ3n) is 13.5. The summed E-state index contributed by atoms with van der Waals surface area (Å²) >= 11 is 0. The molecule has 9 aromatic rings. The van der Waals surface area contributed by atoms with Crippen molar-refractivity contribution in [3.63, 3.8) is 0 Å². The standard InChI is InChI=1S/C56H38Si/c1-7-21-39(22-8-1)55(40-23-9-2-10-24-40)45-33-19-35-49-51(45)53-47(55)37-38-48-54(53)52-46(56(48,41-25-11-3-12-26-41)42-27-13-4-14-28-42)34-20-36-50(52)57(49,43-29-15-5-16-30-43)44-31-17-6-18-32-44/h1-38H. The van der Waals surface area contributed by atoms with Crippen molar-refractivity contribution in [1.29, 1.82) is 0 Å². The Balaban J connectivity index is 1.38. The van der Waals surface area contributed by atoms with Gasteiger partial charge in [0.15, 0.2) is 8.07 Å². The van der Waals surface area contributed by atoms with Crippen LogP contribution in [0.2, 0.25) is 0 Å². The first-order valence-corrected chi connectivity index (χ1v) is 22.1. The topological polar surface area (TPSA) is 0 Å². The molecule has 0 saturated heterocycles. The summed E-state index contributed by atoms with van der Waals surface area (Å²) in [6, 6.07) is 87.9. The van der Waals surface area contributed by atoms with Crippen molar-refractivity contribution < 1.29 is 0 Å². The highest BCUT2D eigenvalue weighted by molar-refractivity contribution is 7.21. The Morgan fingerprint density at radius 1 is 0.228 bits per heavy atom. The molecule has 266 valence electrons. The van der Waals surface area contributed by atoms with E-state index in [2.05, 4.69) is 231 Å². The maximum absolute atomic E-state index is 3.05. The lowest BCUT2D eigenvalue weighted by Crippen LogP contribution is -2.75. The molecular weight excluding hydrogens is 701 g/mol. The zero-order chi connectivity index (χ0) is 37.6. The van der Waals surface area contributed by atoms with Gasteiger partial charge in [-0.05, 0) is 87.5 Å². The van der Waals surface area contributed by atoms with E-state index in [-0.39, 0.29) is 0 Å². The van der Waals surface area contributed by atoms with Crippen LogP contribution in [0, 0.1) is 0 Å². The van der Waals surface area contributed by atoms with Gasteiger partial charge in [-0.3, -0.25) is 0 Å². The predicted molar refractivity (Wildman–Crippen MR) is 238 cm³/mol. The Kier molecular flexibility index (Phi) is 6.88. The first-order chi connectivity index (χ1) is 28.3. The van der Waals surface area contributed by atoms with Crippen LogP contribution in [0.4, 0.5) is 0 Å². The minimum Gasteiger partial charge on any atom is -0.0623 e. The predicted octanol–water partition coefficient (Wildman–Crippen LogP) is 10.1. The zero-order valence-electron chi connectivity index (χ0n) is 31.4. The van der Waals surface area contributed by atoms with Crippen molar-refractivity contribution in [3.8, 4) is 22.3 Å². The monoisotopic (exact) mass is 738 g/mol. The molecule has 0 nitrogen and oxygen atoms in total. The average Bonchev–Trinajstić information content (AvgIpc) is 3.74.